The number of carbonyl (C=O) groups excluding carboxylic acids is 2. The van der Waals surface area contributed by atoms with Gasteiger partial charge in [-0.2, -0.15) is 0 Å². The largest absolute Gasteiger partial charge is 0.355 e. The highest BCUT2D eigenvalue weighted by Gasteiger charge is 2.38. The van der Waals surface area contributed by atoms with Gasteiger partial charge < -0.3 is 10.6 Å². The van der Waals surface area contributed by atoms with Crippen molar-refractivity contribution in [1.82, 2.24) is 10.6 Å². The summed E-state index contributed by atoms with van der Waals surface area (Å²) in [7, 11) is 0. The molecule has 0 unspecified atom stereocenters. The van der Waals surface area contributed by atoms with Crippen LogP contribution in [-0.4, -0.2) is 18.4 Å². The van der Waals surface area contributed by atoms with Crippen molar-refractivity contribution < 1.29 is 9.59 Å². The number of benzene rings is 1. The zero-order chi connectivity index (χ0) is 14.5. The smallest absolute Gasteiger partial charge is 0.223 e. The predicted octanol–water partition coefficient (Wildman–Crippen LogP) is 1.77. The molecule has 0 heterocycles. The third-order valence-corrected chi connectivity index (χ3v) is 3.71. The van der Waals surface area contributed by atoms with Gasteiger partial charge in [0.15, 0.2) is 0 Å². The maximum atomic E-state index is 11.7. The number of nitrogens with one attached hydrogen (secondary N) is 2. The molecule has 108 valence electrons. The Kier molecular flexibility index (Phi) is 4.77. The molecular formula is C16H22N2O2. The minimum absolute atomic E-state index is 0.0327. The van der Waals surface area contributed by atoms with E-state index in [9.17, 15) is 9.59 Å². The molecule has 4 heteroatoms. The van der Waals surface area contributed by atoms with Crippen LogP contribution in [-0.2, 0) is 16.1 Å². The van der Waals surface area contributed by atoms with Gasteiger partial charge in [-0.1, -0.05) is 36.8 Å². The molecule has 1 aliphatic rings. The molecule has 0 spiro atoms. The lowest BCUT2D eigenvalue weighted by molar-refractivity contribution is -0.123. The van der Waals surface area contributed by atoms with Crippen LogP contribution in [0.15, 0.2) is 24.3 Å². The van der Waals surface area contributed by atoms with Crippen LogP contribution < -0.4 is 10.6 Å². The van der Waals surface area contributed by atoms with E-state index in [1.54, 1.807) is 0 Å². The second kappa shape index (κ2) is 6.55. The number of hydrogen-bond donors (Lipinski definition) is 2. The van der Waals surface area contributed by atoms with Crippen LogP contribution in [0.1, 0.15) is 30.9 Å². The molecule has 2 rings (SSSR count). The Morgan fingerprint density at radius 3 is 2.45 bits per heavy atom. The van der Waals surface area contributed by atoms with Crippen molar-refractivity contribution in [2.75, 3.05) is 6.54 Å². The molecule has 1 fully saturated rings. The first-order chi connectivity index (χ1) is 9.56. The lowest BCUT2D eigenvalue weighted by Crippen LogP contribution is -2.31. The minimum Gasteiger partial charge on any atom is -0.355 e. The number of carbonyl (C=O) groups is 2. The third-order valence-electron chi connectivity index (χ3n) is 3.71. The number of rotatable bonds is 6. The molecule has 2 atom stereocenters. The molecule has 0 radical (unpaired) electrons. The quantitative estimate of drug-likeness (QED) is 0.830. The Morgan fingerprint density at radius 2 is 1.85 bits per heavy atom. The van der Waals surface area contributed by atoms with Gasteiger partial charge in [0.25, 0.3) is 0 Å². The van der Waals surface area contributed by atoms with E-state index in [1.165, 1.54) is 5.56 Å². The van der Waals surface area contributed by atoms with Crippen LogP contribution in [0.2, 0.25) is 0 Å². The van der Waals surface area contributed by atoms with E-state index in [0.717, 1.165) is 12.0 Å². The Morgan fingerprint density at radius 1 is 1.20 bits per heavy atom. The average molecular weight is 274 g/mol. The van der Waals surface area contributed by atoms with E-state index >= 15 is 0 Å². The van der Waals surface area contributed by atoms with Crippen molar-refractivity contribution in [1.29, 1.82) is 0 Å². The van der Waals surface area contributed by atoms with Crippen LogP contribution >= 0.6 is 0 Å². The number of amides is 2. The van der Waals surface area contributed by atoms with Gasteiger partial charge in [0, 0.05) is 25.4 Å². The molecule has 1 aromatic rings. The van der Waals surface area contributed by atoms with Gasteiger partial charge in [0.05, 0.1) is 0 Å². The molecule has 0 bridgehead atoms. The lowest BCUT2D eigenvalue weighted by Gasteiger charge is -2.07. The van der Waals surface area contributed by atoms with Gasteiger partial charge in [0.2, 0.25) is 11.8 Å². The molecular weight excluding hydrogens is 252 g/mol. The summed E-state index contributed by atoms with van der Waals surface area (Å²) < 4.78 is 0. The van der Waals surface area contributed by atoms with Gasteiger partial charge in [-0.05, 0) is 24.8 Å². The van der Waals surface area contributed by atoms with E-state index in [0.29, 0.717) is 25.4 Å². The van der Waals surface area contributed by atoms with E-state index in [-0.39, 0.29) is 17.7 Å². The van der Waals surface area contributed by atoms with Crippen LogP contribution in [0.5, 0.6) is 0 Å². The van der Waals surface area contributed by atoms with E-state index in [4.69, 9.17) is 0 Å². The molecule has 1 aromatic carbocycles. The maximum absolute atomic E-state index is 11.7. The first kappa shape index (κ1) is 14.6. The van der Waals surface area contributed by atoms with Gasteiger partial charge in [-0.25, -0.2) is 0 Å². The molecule has 1 aliphatic carbocycles. The first-order valence-electron chi connectivity index (χ1n) is 7.16. The van der Waals surface area contributed by atoms with Crippen molar-refractivity contribution >= 4 is 11.8 Å². The van der Waals surface area contributed by atoms with Gasteiger partial charge in [-0.15, -0.1) is 0 Å². The molecule has 2 amide bonds. The van der Waals surface area contributed by atoms with Gasteiger partial charge in [-0.3, -0.25) is 9.59 Å². The standard InChI is InChI=1S/C16H22N2O2/c1-11-3-5-13(6-4-11)10-18-15(19)7-8-17-16(20)14-9-12(14)2/h3-6,12,14H,7-10H2,1-2H3,(H,17,20)(H,18,19)/t12-,14-/m1/s1. The summed E-state index contributed by atoms with van der Waals surface area (Å²) in [5, 5.41) is 5.67. The zero-order valence-corrected chi connectivity index (χ0v) is 12.1. The van der Waals surface area contributed by atoms with Crippen LogP contribution in [0.4, 0.5) is 0 Å². The summed E-state index contributed by atoms with van der Waals surface area (Å²) in [6, 6.07) is 8.06. The van der Waals surface area contributed by atoms with E-state index < -0.39 is 0 Å². The van der Waals surface area contributed by atoms with Crippen LogP contribution in [0.3, 0.4) is 0 Å². The van der Waals surface area contributed by atoms with E-state index in [2.05, 4.69) is 17.6 Å². The average Bonchev–Trinajstić information content (AvgIpc) is 3.15. The first-order valence-corrected chi connectivity index (χ1v) is 7.16. The highest BCUT2D eigenvalue weighted by molar-refractivity contribution is 5.82. The van der Waals surface area contributed by atoms with Gasteiger partial charge >= 0.3 is 0 Å². The second-order valence-electron chi connectivity index (χ2n) is 5.62. The number of hydrogen-bond acceptors (Lipinski definition) is 2. The Balaban J connectivity index is 1.60. The van der Waals surface area contributed by atoms with Crippen LogP contribution in [0.25, 0.3) is 0 Å². The highest BCUT2D eigenvalue weighted by Crippen LogP contribution is 2.37. The Hall–Kier alpha value is -1.84. The molecule has 1 saturated carbocycles. The minimum atomic E-state index is -0.0327. The van der Waals surface area contributed by atoms with Crippen molar-refractivity contribution in [2.24, 2.45) is 11.8 Å². The molecule has 2 N–H and O–H groups in total. The monoisotopic (exact) mass is 274 g/mol. The molecule has 0 saturated heterocycles. The summed E-state index contributed by atoms with van der Waals surface area (Å²) in [6.07, 6.45) is 1.31. The fraction of sp³-hybridized carbons (Fsp3) is 0.500. The summed E-state index contributed by atoms with van der Waals surface area (Å²) in [5.41, 5.74) is 2.29. The molecule has 0 aliphatic heterocycles. The molecule has 0 aromatic heterocycles. The normalized spacial score (nSPS) is 20.3. The van der Waals surface area contributed by atoms with Gasteiger partial charge in [0.1, 0.15) is 0 Å². The van der Waals surface area contributed by atoms with Crippen molar-refractivity contribution in [3.8, 4) is 0 Å². The second-order valence-corrected chi connectivity index (χ2v) is 5.62. The molecule has 4 nitrogen and oxygen atoms in total. The summed E-state index contributed by atoms with van der Waals surface area (Å²) >= 11 is 0. The Labute approximate surface area is 119 Å². The highest BCUT2D eigenvalue weighted by atomic mass is 16.2. The predicted molar refractivity (Wildman–Crippen MR) is 77.9 cm³/mol. The topological polar surface area (TPSA) is 58.2 Å². The Bertz CT molecular complexity index is 482. The number of aryl methyl sites for hydroxylation is 1. The van der Waals surface area contributed by atoms with Crippen molar-refractivity contribution in [3.05, 3.63) is 35.4 Å². The SMILES string of the molecule is Cc1ccc(CNC(=O)CCNC(=O)[C@@H]2C[C@H]2C)cc1. The lowest BCUT2D eigenvalue weighted by atomic mass is 10.1. The van der Waals surface area contributed by atoms with Crippen LogP contribution in [0, 0.1) is 18.8 Å². The molecule has 20 heavy (non-hydrogen) atoms. The zero-order valence-electron chi connectivity index (χ0n) is 12.1. The summed E-state index contributed by atoms with van der Waals surface area (Å²) in [4.78, 5) is 23.2. The summed E-state index contributed by atoms with van der Waals surface area (Å²) in [5.74, 6) is 0.731. The van der Waals surface area contributed by atoms with Crippen molar-refractivity contribution in [2.45, 2.75) is 33.2 Å². The fourth-order valence-electron chi connectivity index (χ4n) is 2.11. The summed E-state index contributed by atoms with van der Waals surface area (Å²) in [6.45, 7) is 5.05. The maximum Gasteiger partial charge on any atom is 0.223 e. The third kappa shape index (κ3) is 4.37. The fourth-order valence-corrected chi connectivity index (χ4v) is 2.11. The van der Waals surface area contributed by atoms with Crippen molar-refractivity contribution in [3.63, 3.8) is 0 Å². The van der Waals surface area contributed by atoms with E-state index in [1.807, 2.05) is 31.2 Å².